The Labute approximate surface area is 85.1 Å². The zero-order valence-corrected chi connectivity index (χ0v) is 8.61. The molecule has 3 aliphatic rings. The monoisotopic (exact) mass is 194 g/mol. The number of nitrogens with zero attached hydrogens (tertiary/aromatic N) is 2. The van der Waals surface area contributed by atoms with E-state index in [-0.39, 0.29) is 0 Å². The van der Waals surface area contributed by atoms with Gasteiger partial charge in [-0.15, -0.1) is 0 Å². The molecule has 3 heterocycles. The number of rotatable bonds is 0. The molecule has 3 nitrogen and oxygen atoms in total. The van der Waals surface area contributed by atoms with Gasteiger partial charge < -0.3 is 4.90 Å². The predicted octanol–water partition coefficient (Wildman–Crippen LogP) is 1.19. The number of piperidine rings is 1. The molecule has 0 bridgehead atoms. The van der Waals surface area contributed by atoms with Crippen molar-refractivity contribution < 1.29 is 4.79 Å². The third-order valence-electron chi connectivity index (χ3n) is 4.06. The summed E-state index contributed by atoms with van der Waals surface area (Å²) in [7, 11) is 0. The van der Waals surface area contributed by atoms with Gasteiger partial charge >= 0.3 is 0 Å². The van der Waals surface area contributed by atoms with Gasteiger partial charge in [0, 0.05) is 25.6 Å². The van der Waals surface area contributed by atoms with Gasteiger partial charge in [0.15, 0.2) is 0 Å². The van der Waals surface area contributed by atoms with Crippen molar-refractivity contribution in [1.29, 1.82) is 0 Å². The lowest BCUT2D eigenvalue weighted by atomic mass is 9.96. The van der Waals surface area contributed by atoms with Crippen molar-refractivity contribution in [3.05, 3.63) is 0 Å². The highest BCUT2D eigenvalue weighted by Crippen LogP contribution is 2.33. The zero-order valence-electron chi connectivity index (χ0n) is 8.61. The highest BCUT2D eigenvalue weighted by Gasteiger charge is 2.42. The molecule has 3 rings (SSSR count). The molecule has 0 aliphatic carbocycles. The van der Waals surface area contributed by atoms with Gasteiger partial charge in [-0.3, -0.25) is 9.69 Å². The average molecular weight is 194 g/mol. The molecule has 2 atom stereocenters. The topological polar surface area (TPSA) is 23.6 Å². The van der Waals surface area contributed by atoms with Crippen LogP contribution in [0.2, 0.25) is 0 Å². The summed E-state index contributed by atoms with van der Waals surface area (Å²) in [5.41, 5.74) is 0. The molecule has 1 amide bonds. The molecule has 0 radical (unpaired) electrons. The standard InChI is InChI=1S/C11H18N2O/c14-11-5-4-10-12-7-2-1-3-9(12)6-8-13(10)11/h9-10H,1-8H2. The van der Waals surface area contributed by atoms with Crippen molar-refractivity contribution >= 4 is 5.91 Å². The molecule has 0 saturated carbocycles. The molecule has 14 heavy (non-hydrogen) atoms. The van der Waals surface area contributed by atoms with E-state index in [2.05, 4.69) is 9.80 Å². The Balaban J connectivity index is 1.80. The minimum Gasteiger partial charge on any atom is -0.327 e. The van der Waals surface area contributed by atoms with Crippen LogP contribution in [0, 0.1) is 0 Å². The van der Waals surface area contributed by atoms with Crippen LogP contribution >= 0.6 is 0 Å². The number of hydrogen-bond donors (Lipinski definition) is 0. The van der Waals surface area contributed by atoms with Crippen molar-refractivity contribution in [3.8, 4) is 0 Å². The lowest BCUT2D eigenvalue weighted by Gasteiger charge is -2.47. The summed E-state index contributed by atoms with van der Waals surface area (Å²) < 4.78 is 0. The maximum absolute atomic E-state index is 11.6. The quantitative estimate of drug-likeness (QED) is 0.578. The van der Waals surface area contributed by atoms with Crippen LogP contribution in [0.3, 0.4) is 0 Å². The molecule has 3 aliphatic heterocycles. The summed E-state index contributed by atoms with van der Waals surface area (Å²) >= 11 is 0. The van der Waals surface area contributed by atoms with Gasteiger partial charge in [-0.1, -0.05) is 6.42 Å². The predicted molar refractivity (Wildman–Crippen MR) is 53.7 cm³/mol. The fourth-order valence-corrected chi connectivity index (χ4v) is 3.35. The first-order valence-corrected chi connectivity index (χ1v) is 5.91. The van der Waals surface area contributed by atoms with E-state index in [4.69, 9.17) is 0 Å². The normalized spacial score (nSPS) is 38.3. The van der Waals surface area contributed by atoms with Gasteiger partial charge in [-0.2, -0.15) is 0 Å². The third-order valence-corrected chi connectivity index (χ3v) is 4.06. The Morgan fingerprint density at radius 3 is 2.93 bits per heavy atom. The van der Waals surface area contributed by atoms with Gasteiger partial charge in [0.25, 0.3) is 0 Å². The van der Waals surface area contributed by atoms with Crippen molar-refractivity contribution in [1.82, 2.24) is 9.80 Å². The van der Waals surface area contributed by atoms with Crippen LogP contribution in [0.25, 0.3) is 0 Å². The van der Waals surface area contributed by atoms with E-state index in [0.717, 1.165) is 25.4 Å². The maximum atomic E-state index is 11.6. The smallest absolute Gasteiger partial charge is 0.223 e. The van der Waals surface area contributed by atoms with Crippen LogP contribution in [-0.2, 0) is 4.79 Å². The van der Waals surface area contributed by atoms with E-state index in [1.54, 1.807) is 0 Å². The van der Waals surface area contributed by atoms with Crippen LogP contribution in [0.1, 0.15) is 38.5 Å². The Morgan fingerprint density at radius 2 is 2.00 bits per heavy atom. The highest BCUT2D eigenvalue weighted by atomic mass is 16.2. The minimum absolute atomic E-state index is 0.388. The Bertz CT molecular complexity index is 254. The number of carbonyl (C=O) groups excluding carboxylic acids is 1. The molecule has 2 unspecified atom stereocenters. The molecule has 78 valence electrons. The maximum Gasteiger partial charge on any atom is 0.223 e. The van der Waals surface area contributed by atoms with Crippen molar-refractivity contribution in [2.45, 2.75) is 50.7 Å². The van der Waals surface area contributed by atoms with Crippen LogP contribution in [0.4, 0.5) is 0 Å². The molecule has 0 aromatic rings. The fraction of sp³-hybridized carbons (Fsp3) is 0.909. The van der Waals surface area contributed by atoms with Gasteiger partial charge in [0.1, 0.15) is 0 Å². The van der Waals surface area contributed by atoms with Crippen LogP contribution in [-0.4, -0.2) is 41.0 Å². The summed E-state index contributed by atoms with van der Waals surface area (Å²) in [4.78, 5) is 16.3. The van der Waals surface area contributed by atoms with Crippen LogP contribution in [0.5, 0.6) is 0 Å². The molecule has 0 N–H and O–H groups in total. The largest absolute Gasteiger partial charge is 0.327 e. The third kappa shape index (κ3) is 1.18. The van der Waals surface area contributed by atoms with E-state index in [1.807, 2.05) is 0 Å². The second-order valence-electron chi connectivity index (χ2n) is 4.78. The second kappa shape index (κ2) is 3.23. The lowest BCUT2D eigenvalue weighted by molar-refractivity contribution is -0.136. The zero-order chi connectivity index (χ0) is 9.54. The number of amides is 1. The van der Waals surface area contributed by atoms with Crippen molar-refractivity contribution in [3.63, 3.8) is 0 Å². The first kappa shape index (κ1) is 8.72. The van der Waals surface area contributed by atoms with Gasteiger partial charge in [-0.05, 0) is 25.7 Å². The first-order valence-electron chi connectivity index (χ1n) is 5.91. The number of carbonyl (C=O) groups is 1. The first-order chi connectivity index (χ1) is 6.86. The Morgan fingerprint density at radius 1 is 1.07 bits per heavy atom. The Hall–Kier alpha value is -0.570. The van der Waals surface area contributed by atoms with Crippen LogP contribution < -0.4 is 0 Å². The molecule has 0 aromatic heterocycles. The SMILES string of the molecule is O=C1CCC2N1CCC1CCCCN12. The summed E-state index contributed by atoms with van der Waals surface area (Å²) in [6.45, 7) is 2.24. The number of fused-ring (bicyclic) bond motifs is 3. The summed E-state index contributed by atoms with van der Waals surface area (Å²) in [6, 6.07) is 0.788. The van der Waals surface area contributed by atoms with E-state index >= 15 is 0 Å². The molecule has 3 fully saturated rings. The molecular weight excluding hydrogens is 176 g/mol. The average Bonchev–Trinajstić information content (AvgIpc) is 2.61. The molecule has 0 aromatic carbocycles. The minimum atomic E-state index is 0.388. The van der Waals surface area contributed by atoms with Crippen molar-refractivity contribution in [2.75, 3.05) is 13.1 Å². The van der Waals surface area contributed by atoms with E-state index in [9.17, 15) is 4.79 Å². The van der Waals surface area contributed by atoms with E-state index < -0.39 is 0 Å². The molecule has 3 saturated heterocycles. The van der Waals surface area contributed by atoms with Gasteiger partial charge in [0.05, 0.1) is 6.17 Å². The second-order valence-corrected chi connectivity index (χ2v) is 4.78. The summed E-state index contributed by atoms with van der Waals surface area (Å²) in [5, 5.41) is 0. The molecular formula is C11H18N2O. The summed E-state index contributed by atoms with van der Waals surface area (Å²) in [5.74, 6) is 0.388. The van der Waals surface area contributed by atoms with Gasteiger partial charge in [-0.25, -0.2) is 0 Å². The van der Waals surface area contributed by atoms with E-state index in [0.29, 0.717) is 12.1 Å². The van der Waals surface area contributed by atoms with Crippen LogP contribution in [0.15, 0.2) is 0 Å². The molecule has 0 spiro atoms. The number of hydrogen-bond acceptors (Lipinski definition) is 2. The highest BCUT2D eigenvalue weighted by molar-refractivity contribution is 5.78. The van der Waals surface area contributed by atoms with Gasteiger partial charge in [0.2, 0.25) is 5.91 Å². The fourth-order valence-electron chi connectivity index (χ4n) is 3.35. The lowest BCUT2D eigenvalue weighted by Crippen LogP contribution is -2.57. The Kier molecular flexibility index (Phi) is 2.01. The molecule has 3 heteroatoms. The van der Waals surface area contributed by atoms with E-state index in [1.165, 1.54) is 32.2 Å². The summed E-state index contributed by atoms with van der Waals surface area (Å²) in [6.07, 6.45) is 7.63. The van der Waals surface area contributed by atoms with Crippen molar-refractivity contribution in [2.24, 2.45) is 0 Å².